The molecule has 0 fully saturated rings. The van der Waals surface area contributed by atoms with E-state index in [1.165, 1.54) is 0 Å². The Hall–Kier alpha value is -2.82. The number of rotatable bonds is 7. The fourth-order valence-corrected chi connectivity index (χ4v) is 2.49. The van der Waals surface area contributed by atoms with Crippen LogP contribution in [0.1, 0.15) is 42.3 Å². The summed E-state index contributed by atoms with van der Waals surface area (Å²) < 4.78 is 5.83. The minimum atomic E-state index is -0.697. The Balaban J connectivity index is 2.09. The topological polar surface area (TPSA) is 67.4 Å². The van der Waals surface area contributed by atoms with E-state index in [0.29, 0.717) is 29.5 Å². The van der Waals surface area contributed by atoms with E-state index >= 15 is 0 Å². The molecule has 0 unspecified atom stereocenters. The normalized spacial score (nSPS) is 11.8. The fourth-order valence-electron chi connectivity index (χ4n) is 2.49. The van der Waals surface area contributed by atoms with Gasteiger partial charge in [-0.3, -0.25) is 9.59 Å². The fraction of sp³-hybridized carbons (Fsp3) is 0.364. The molecule has 5 nitrogen and oxygen atoms in total. The Bertz CT molecular complexity index is 815. The Morgan fingerprint density at radius 3 is 2.44 bits per heavy atom. The van der Waals surface area contributed by atoms with Crippen molar-refractivity contribution in [1.29, 1.82) is 0 Å². The number of hydrogen-bond donors (Lipinski definition) is 2. The molecule has 27 heavy (non-hydrogen) atoms. The molecule has 0 saturated heterocycles. The van der Waals surface area contributed by atoms with Crippen molar-refractivity contribution < 1.29 is 14.3 Å². The summed E-state index contributed by atoms with van der Waals surface area (Å²) >= 11 is 0. The Labute approximate surface area is 161 Å². The van der Waals surface area contributed by atoms with Gasteiger partial charge in [0.25, 0.3) is 11.8 Å². The minimum Gasteiger partial charge on any atom is -0.481 e. The summed E-state index contributed by atoms with van der Waals surface area (Å²) in [6, 6.07) is 12.8. The Morgan fingerprint density at radius 1 is 1.04 bits per heavy atom. The number of aryl methyl sites for hydroxylation is 2. The van der Waals surface area contributed by atoms with Gasteiger partial charge in [0.15, 0.2) is 6.10 Å². The highest BCUT2D eigenvalue weighted by atomic mass is 16.5. The van der Waals surface area contributed by atoms with Crippen molar-refractivity contribution >= 4 is 17.5 Å². The predicted molar refractivity (Wildman–Crippen MR) is 108 cm³/mol. The number of ether oxygens (including phenoxy) is 1. The average Bonchev–Trinajstić information content (AvgIpc) is 2.63. The maximum Gasteiger partial charge on any atom is 0.265 e. The second-order valence-electron chi connectivity index (χ2n) is 7.17. The van der Waals surface area contributed by atoms with Gasteiger partial charge in [0.1, 0.15) is 5.75 Å². The summed E-state index contributed by atoms with van der Waals surface area (Å²) in [6.07, 6.45) is -0.697. The molecule has 0 spiro atoms. The van der Waals surface area contributed by atoms with E-state index < -0.39 is 6.10 Å². The van der Waals surface area contributed by atoms with Crippen LogP contribution in [-0.2, 0) is 4.79 Å². The van der Waals surface area contributed by atoms with Crippen molar-refractivity contribution in [3.8, 4) is 5.75 Å². The first-order valence-corrected chi connectivity index (χ1v) is 9.20. The molecule has 0 bridgehead atoms. The average molecular weight is 368 g/mol. The number of hydrogen-bond acceptors (Lipinski definition) is 3. The molecule has 2 aromatic carbocycles. The number of anilines is 1. The molecule has 0 heterocycles. The van der Waals surface area contributed by atoms with Gasteiger partial charge in [0.05, 0.1) is 11.3 Å². The molecule has 0 aliphatic carbocycles. The maximum absolute atomic E-state index is 12.6. The second-order valence-corrected chi connectivity index (χ2v) is 7.17. The van der Waals surface area contributed by atoms with Crippen LogP contribution in [0.5, 0.6) is 5.75 Å². The van der Waals surface area contributed by atoms with Crippen LogP contribution in [0.25, 0.3) is 0 Å². The number of amides is 2. The Kier molecular flexibility index (Phi) is 6.99. The molecule has 0 aliphatic rings. The molecule has 0 radical (unpaired) electrons. The SMILES string of the molecule is Cc1ccc(C)c(O[C@@H](C)C(=O)Nc2ccccc2C(=O)NCC(C)C)c1. The largest absolute Gasteiger partial charge is 0.481 e. The van der Waals surface area contributed by atoms with Crippen LogP contribution in [0.2, 0.25) is 0 Å². The van der Waals surface area contributed by atoms with E-state index in [4.69, 9.17) is 4.74 Å². The van der Waals surface area contributed by atoms with Crippen LogP contribution in [0.15, 0.2) is 42.5 Å². The molecule has 0 aromatic heterocycles. The highest BCUT2D eigenvalue weighted by Crippen LogP contribution is 2.21. The summed E-state index contributed by atoms with van der Waals surface area (Å²) in [5.74, 6) is 0.519. The van der Waals surface area contributed by atoms with Gasteiger partial charge in [0, 0.05) is 6.54 Å². The lowest BCUT2D eigenvalue weighted by Crippen LogP contribution is -2.32. The van der Waals surface area contributed by atoms with Crippen molar-refractivity contribution in [1.82, 2.24) is 5.32 Å². The molecular formula is C22H28N2O3. The summed E-state index contributed by atoms with van der Waals surface area (Å²) in [5.41, 5.74) is 2.94. The second kappa shape index (κ2) is 9.21. The first kappa shape index (κ1) is 20.5. The van der Waals surface area contributed by atoms with Crippen molar-refractivity contribution in [3.05, 3.63) is 59.2 Å². The first-order valence-electron chi connectivity index (χ1n) is 9.20. The third kappa shape index (κ3) is 5.84. The third-order valence-electron chi connectivity index (χ3n) is 4.12. The van der Waals surface area contributed by atoms with Gasteiger partial charge in [-0.25, -0.2) is 0 Å². The minimum absolute atomic E-state index is 0.206. The van der Waals surface area contributed by atoms with E-state index in [-0.39, 0.29) is 11.8 Å². The summed E-state index contributed by atoms with van der Waals surface area (Å²) in [4.78, 5) is 25.0. The van der Waals surface area contributed by atoms with Crippen LogP contribution in [-0.4, -0.2) is 24.5 Å². The summed E-state index contributed by atoms with van der Waals surface area (Å²) in [5, 5.41) is 5.68. The third-order valence-corrected chi connectivity index (χ3v) is 4.12. The zero-order valence-corrected chi connectivity index (χ0v) is 16.6. The predicted octanol–water partition coefficient (Wildman–Crippen LogP) is 4.10. The standard InChI is InChI=1S/C22H28N2O3/c1-14(2)13-23-22(26)18-8-6-7-9-19(18)24-21(25)17(5)27-20-12-15(3)10-11-16(20)4/h6-12,14,17H,13H2,1-5H3,(H,23,26)(H,24,25)/t17-/m0/s1. The van der Waals surface area contributed by atoms with Crippen LogP contribution < -0.4 is 15.4 Å². The van der Waals surface area contributed by atoms with E-state index in [1.54, 1.807) is 31.2 Å². The summed E-state index contributed by atoms with van der Waals surface area (Å²) in [6.45, 7) is 10.2. The molecule has 1 atom stereocenters. The van der Waals surface area contributed by atoms with Crippen LogP contribution in [0, 0.1) is 19.8 Å². The van der Waals surface area contributed by atoms with Crippen molar-refractivity contribution in [2.24, 2.45) is 5.92 Å². The van der Waals surface area contributed by atoms with Gasteiger partial charge < -0.3 is 15.4 Å². The zero-order valence-electron chi connectivity index (χ0n) is 16.6. The molecular weight excluding hydrogens is 340 g/mol. The molecule has 144 valence electrons. The lowest BCUT2D eigenvalue weighted by atomic mass is 10.1. The maximum atomic E-state index is 12.6. The van der Waals surface area contributed by atoms with E-state index in [9.17, 15) is 9.59 Å². The molecule has 2 amide bonds. The van der Waals surface area contributed by atoms with Crippen molar-refractivity contribution in [3.63, 3.8) is 0 Å². The van der Waals surface area contributed by atoms with Crippen LogP contribution >= 0.6 is 0 Å². The smallest absolute Gasteiger partial charge is 0.265 e. The van der Waals surface area contributed by atoms with Crippen LogP contribution in [0.4, 0.5) is 5.69 Å². The van der Waals surface area contributed by atoms with E-state index in [2.05, 4.69) is 10.6 Å². The van der Waals surface area contributed by atoms with Crippen molar-refractivity contribution in [2.75, 3.05) is 11.9 Å². The molecule has 5 heteroatoms. The highest BCUT2D eigenvalue weighted by molar-refractivity contribution is 6.04. The van der Waals surface area contributed by atoms with Gasteiger partial charge in [-0.2, -0.15) is 0 Å². The van der Waals surface area contributed by atoms with E-state index in [1.807, 2.05) is 45.9 Å². The molecule has 0 saturated carbocycles. The number of carbonyl (C=O) groups is 2. The summed E-state index contributed by atoms with van der Waals surface area (Å²) in [7, 11) is 0. The number of nitrogens with one attached hydrogen (secondary N) is 2. The quantitative estimate of drug-likeness (QED) is 0.773. The van der Waals surface area contributed by atoms with Gasteiger partial charge in [-0.05, 0) is 56.0 Å². The van der Waals surface area contributed by atoms with Gasteiger partial charge in [-0.15, -0.1) is 0 Å². The number of carbonyl (C=O) groups excluding carboxylic acids is 2. The molecule has 2 rings (SSSR count). The molecule has 0 aliphatic heterocycles. The first-order chi connectivity index (χ1) is 12.8. The van der Waals surface area contributed by atoms with Gasteiger partial charge in [0.2, 0.25) is 0 Å². The Morgan fingerprint density at radius 2 is 1.74 bits per heavy atom. The van der Waals surface area contributed by atoms with Crippen LogP contribution in [0.3, 0.4) is 0 Å². The van der Waals surface area contributed by atoms with E-state index in [0.717, 1.165) is 11.1 Å². The molecule has 2 N–H and O–H groups in total. The van der Waals surface area contributed by atoms with Crippen molar-refractivity contribution in [2.45, 2.75) is 40.7 Å². The number of benzene rings is 2. The number of para-hydroxylation sites is 1. The lowest BCUT2D eigenvalue weighted by molar-refractivity contribution is -0.122. The zero-order chi connectivity index (χ0) is 20.0. The van der Waals surface area contributed by atoms with Gasteiger partial charge >= 0.3 is 0 Å². The lowest BCUT2D eigenvalue weighted by Gasteiger charge is -2.18. The monoisotopic (exact) mass is 368 g/mol. The molecule has 2 aromatic rings. The highest BCUT2D eigenvalue weighted by Gasteiger charge is 2.19. The van der Waals surface area contributed by atoms with Gasteiger partial charge in [-0.1, -0.05) is 38.1 Å².